The number of carboxylic acid groups (broad SMARTS) is 1. The third-order valence-corrected chi connectivity index (χ3v) is 3.07. The maximum Gasteiger partial charge on any atom is 0.573 e. The number of carboxylic acids is 1. The smallest absolute Gasteiger partial charge is 0.478 e. The van der Waals surface area contributed by atoms with Gasteiger partial charge in [0.25, 0.3) is 0 Å². The molecule has 10 heteroatoms. The van der Waals surface area contributed by atoms with Gasteiger partial charge in [0, 0.05) is 6.54 Å². The van der Waals surface area contributed by atoms with E-state index in [2.05, 4.69) is 20.6 Å². The highest BCUT2D eigenvalue weighted by Crippen LogP contribution is 2.23. The lowest BCUT2D eigenvalue weighted by molar-refractivity contribution is -0.274. The Morgan fingerprint density at radius 3 is 2.27 bits per heavy atom. The van der Waals surface area contributed by atoms with E-state index in [0.29, 0.717) is 12.2 Å². The van der Waals surface area contributed by atoms with Crippen LogP contribution in [0.2, 0.25) is 0 Å². The van der Waals surface area contributed by atoms with Crippen LogP contribution in [0.1, 0.15) is 15.9 Å². The van der Waals surface area contributed by atoms with E-state index < -0.39 is 12.3 Å². The number of carbonyl (C=O) groups is 1. The van der Waals surface area contributed by atoms with E-state index in [1.165, 1.54) is 24.3 Å². The number of benzene rings is 2. The largest absolute Gasteiger partial charge is 0.573 e. The van der Waals surface area contributed by atoms with Gasteiger partial charge < -0.3 is 20.9 Å². The average Bonchev–Trinajstić information content (AvgIpc) is 2.58. The van der Waals surface area contributed by atoms with E-state index in [-0.39, 0.29) is 17.3 Å². The van der Waals surface area contributed by atoms with Crippen molar-refractivity contribution in [1.82, 2.24) is 5.32 Å². The number of hydrogen-bond acceptors (Lipinski definition) is 4. The maximum absolute atomic E-state index is 12.1. The minimum Gasteiger partial charge on any atom is -0.478 e. The summed E-state index contributed by atoms with van der Waals surface area (Å²) in [5.74, 6) is -1.31. The predicted octanol–water partition coefficient (Wildman–Crippen LogP) is 2.71. The summed E-state index contributed by atoms with van der Waals surface area (Å²) < 4.78 is 40.0. The number of nitrogens with two attached hydrogens (primary N) is 1. The minimum absolute atomic E-state index is 0.0444. The predicted molar refractivity (Wildman–Crippen MR) is 88.6 cm³/mol. The third-order valence-electron chi connectivity index (χ3n) is 3.07. The quantitative estimate of drug-likeness (QED) is 0.355. The molecule has 0 aliphatic carbocycles. The number of nitrogens with zero attached hydrogens (tertiary/aromatic N) is 1. The van der Waals surface area contributed by atoms with Crippen molar-refractivity contribution >= 4 is 17.6 Å². The Morgan fingerprint density at radius 2 is 1.73 bits per heavy atom. The van der Waals surface area contributed by atoms with Gasteiger partial charge in [-0.2, -0.15) is 0 Å². The highest BCUT2D eigenvalue weighted by Gasteiger charge is 2.30. The summed E-state index contributed by atoms with van der Waals surface area (Å²) in [6.07, 6.45) is -4.75. The van der Waals surface area contributed by atoms with E-state index in [4.69, 9.17) is 10.8 Å². The highest BCUT2D eigenvalue weighted by molar-refractivity contribution is 5.87. The number of guanidine groups is 1. The Morgan fingerprint density at radius 1 is 1.12 bits per heavy atom. The molecule has 7 nitrogen and oxygen atoms in total. The molecule has 26 heavy (non-hydrogen) atoms. The first-order valence-corrected chi connectivity index (χ1v) is 7.24. The van der Waals surface area contributed by atoms with Crippen molar-refractivity contribution in [3.63, 3.8) is 0 Å². The lowest BCUT2D eigenvalue weighted by atomic mass is 10.1. The fourth-order valence-corrected chi connectivity index (χ4v) is 1.85. The molecule has 0 spiro atoms. The van der Waals surface area contributed by atoms with Crippen LogP contribution in [0.15, 0.2) is 53.6 Å². The van der Waals surface area contributed by atoms with E-state index in [1.54, 1.807) is 12.1 Å². The number of ether oxygens (including phenoxy) is 1. The SMILES string of the molecule is N/C(=N\Nc1ccc(OC(F)(F)F)cc1)NCc1ccc(C(=O)O)cc1. The van der Waals surface area contributed by atoms with Crippen molar-refractivity contribution in [3.8, 4) is 5.75 Å². The van der Waals surface area contributed by atoms with Crippen molar-refractivity contribution in [2.75, 3.05) is 5.43 Å². The summed E-state index contributed by atoms with van der Waals surface area (Å²) in [6.45, 7) is 0.315. The van der Waals surface area contributed by atoms with Gasteiger partial charge in [-0.3, -0.25) is 5.43 Å². The van der Waals surface area contributed by atoms with Gasteiger partial charge in [-0.05, 0) is 42.0 Å². The summed E-state index contributed by atoms with van der Waals surface area (Å²) in [7, 11) is 0. The van der Waals surface area contributed by atoms with E-state index >= 15 is 0 Å². The van der Waals surface area contributed by atoms with Crippen LogP contribution in [0.5, 0.6) is 5.75 Å². The molecule has 0 saturated heterocycles. The molecule has 0 amide bonds. The standard InChI is InChI=1S/C16H15F3N4O3/c17-16(18,19)26-13-7-5-12(6-8-13)22-23-15(20)21-9-10-1-3-11(4-2-10)14(24)25/h1-8,22H,9H2,(H,24,25)(H3,20,21,23). The number of alkyl halides is 3. The van der Waals surface area contributed by atoms with Gasteiger partial charge in [-0.1, -0.05) is 12.1 Å². The average molecular weight is 368 g/mol. The molecule has 2 aromatic rings. The van der Waals surface area contributed by atoms with Crippen molar-refractivity contribution in [2.45, 2.75) is 12.9 Å². The molecular formula is C16H15F3N4O3. The molecule has 0 radical (unpaired) electrons. The molecular weight excluding hydrogens is 353 g/mol. The molecule has 0 bridgehead atoms. The molecule has 0 aromatic heterocycles. The number of nitrogens with one attached hydrogen (secondary N) is 2. The number of anilines is 1. The Kier molecular flexibility index (Phi) is 5.89. The second-order valence-electron chi connectivity index (χ2n) is 5.04. The molecule has 0 unspecified atom stereocenters. The zero-order chi connectivity index (χ0) is 19.2. The van der Waals surface area contributed by atoms with Crippen molar-refractivity contribution in [1.29, 1.82) is 0 Å². The Labute approximate surface area is 146 Å². The summed E-state index contributed by atoms with van der Waals surface area (Å²) in [5.41, 5.74) is 9.63. The third kappa shape index (κ3) is 6.23. The van der Waals surface area contributed by atoms with Gasteiger partial charge in [-0.15, -0.1) is 18.3 Å². The van der Waals surface area contributed by atoms with Crippen molar-refractivity contribution < 1.29 is 27.8 Å². The zero-order valence-corrected chi connectivity index (χ0v) is 13.2. The fraction of sp³-hybridized carbons (Fsp3) is 0.125. The maximum atomic E-state index is 12.1. The number of hydrogen-bond donors (Lipinski definition) is 4. The van der Waals surface area contributed by atoms with Gasteiger partial charge in [-0.25, -0.2) is 4.79 Å². The summed E-state index contributed by atoms with van der Waals surface area (Å²) >= 11 is 0. The molecule has 0 atom stereocenters. The van der Waals surface area contributed by atoms with Gasteiger partial charge in [0.1, 0.15) is 5.75 Å². The summed E-state index contributed by atoms with van der Waals surface area (Å²) in [6, 6.07) is 11.2. The lowest BCUT2D eigenvalue weighted by Gasteiger charge is -2.09. The monoisotopic (exact) mass is 368 g/mol. The first-order chi connectivity index (χ1) is 12.2. The molecule has 0 saturated carbocycles. The Hall–Kier alpha value is -3.43. The molecule has 2 aromatic carbocycles. The molecule has 0 heterocycles. The first-order valence-electron chi connectivity index (χ1n) is 7.24. The van der Waals surface area contributed by atoms with Gasteiger partial charge in [0.15, 0.2) is 0 Å². The van der Waals surface area contributed by atoms with Crippen LogP contribution >= 0.6 is 0 Å². The van der Waals surface area contributed by atoms with Gasteiger partial charge in [0.2, 0.25) is 5.96 Å². The van der Waals surface area contributed by atoms with Gasteiger partial charge >= 0.3 is 12.3 Å². The second kappa shape index (κ2) is 8.10. The van der Waals surface area contributed by atoms with Crippen LogP contribution in [0, 0.1) is 0 Å². The van der Waals surface area contributed by atoms with Crippen LogP contribution in [-0.2, 0) is 6.54 Å². The van der Waals surface area contributed by atoms with Crippen LogP contribution in [0.4, 0.5) is 18.9 Å². The normalized spacial score (nSPS) is 11.7. The van der Waals surface area contributed by atoms with Crippen LogP contribution in [0.3, 0.4) is 0 Å². The van der Waals surface area contributed by atoms with Crippen LogP contribution < -0.4 is 21.2 Å². The molecule has 0 aliphatic rings. The second-order valence-corrected chi connectivity index (χ2v) is 5.04. The number of hydrazone groups is 1. The molecule has 2 rings (SSSR count). The molecule has 5 N–H and O–H groups in total. The zero-order valence-electron chi connectivity index (χ0n) is 13.2. The molecule has 138 valence electrons. The van der Waals surface area contributed by atoms with Crippen LogP contribution in [0.25, 0.3) is 0 Å². The molecule has 0 aliphatic heterocycles. The number of aromatic carboxylic acids is 1. The summed E-state index contributed by atoms with van der Waals surface area (Å²) in [4.78, 5) is 10.8. The van der Waals surface area contributed by atoms with E-state index in [9.17, 15) is 18.0 Å². The highest BCUT2D eigenvalue weighted by atomic mass is 19.4. The Balaban J connectivity index is 1.85. The van der Waals surface area contributed by atoms with Gasteiger partial charge in [0.05, 0.1) is 11.3 Å². The number of halogens is 3. The number of rotatable bonds is 6. The van der Waals surface area contributed by atoms with E-state index in [1.807, 2.05) is 0 Å². The minimum atomic E-state index is -4.75. The Bertz CT molecular complexity index is 775. The summed E-state index contributed by atoms with van der Waals surface area (Å²) in [5, 5.41) is 15.5. The topological polar surface area (TPSA) is 109 Å². The molecule has 0 fully saturated rings. The van der Waals surface area contributed by atoms with Crippen molar-refractivity contribution in [3.05, 3.63) is 59.7 Å². The first kappa shape index (κ1) is 18.9. The van der Waals surface area contributed by atoms with Crippen LogP contribution in [-0.4, -0.2) is 23.4 Å². The van der Waals surface area contributed by atoms with E-state index in [0.717, 1.165) is 17.7 Å². The fourth-order valence-electron chi connectivity index (χ4n) is 1.85. The lowest BCUT2D eigenvalue weighted by Crippen LogP contribution is -2.31. The van der Waals surface area contributed by atoms with Crippen molar-refractivity contribution in [2.24, 2.45) is 10.8 Å².